The van der Waals surface area contributed by atoms with E-state index in [0.717, 1.165) is 91.0 Å². The molecule has 0 spiro atoms. The SMILES string of the molecule is CCCCCCc1ccc(N=Cc2ccc(OCCCCCC(=O)OC3CC[C@@]4(C)C(=CC[C@H]5[C@@H]6CC[C@H]([C@H](C)CCCC(C)C)[C@@]6(C)CC[C@@H]54)C3)cc2)cc1. The Morgan fingerprint density at radius 3 is 2.39 bits per heavy atom. The van der Waals surface area contributed by atoms with Crippen molar-refractivity contribution in [3.05, 3.63) is 71.3 Å². The lowest BCUT2D eigenvalue weighted by Crippen LogP contribution is -2.51. The maximum absolute atomic E-state index is 12.9. The number of unbranched alkanes of at least 4 members (excludes halogenated alkanes) is 5. The predicted octanol–water partition coefficient (Wildman–Crippen LogP) is 14.5. The second-order valence-corrected chi connectivity index (χ2v) is 19.6. The first kappa shape index (κ1) is 42.7. The Kier molecular flexibility index (Phi) is 15.4. The number of benzene rings is 2. The molecule has 0 N–H and O–H groups in total. The number of aliphatic imine (C=N–C) groups is 1. The molecule has 308 valence electrons. The summed E-state index contributed by atoms with van der Waals surface area (Å²) >= 11 is 0. The van der Waals surface area contributed by atoms with Crippen molar-refractivity contribution in [3.8, 4) is 5.75 Å². The van der Waals surface area contributed by atoms with Crippen LogP contribution in [0.4, 0.5) is 5.69 Å². The standard InChI is InChI=1S/C52H77NO3/c1-7-8-9-11-17-40-19-24-43(25-20-40)53-37-41-21-26-44(27-22-41)55-35-13-10-12-18-50(54)56-45-31-33-51(5)42(36-45)23-28-46-48-30-29-47(39(4)16-14-15-38(2)3)52(48,6)34-32-49(46)51/h19-27,37-39,45-49H,7-18,28-36H2,1-6H3/t39-,45?,46+,47-,48+,49+,51+,52-/m1/s1. The maximum Gasteiger partial charge on any atom is 0.306 e. The molecule has 4 nitrogen and oxygen atoms in total. The number of carbonyl (C=O) groups is 1. The highest BCUT2D eigenvalue weighted by molar-refractivity contribution is 5.82. The monoisotopic (exact) mass is 764 g/mol. The fourth-order valence-electron chi connectivity index (χ4n) is 12.0. The number of hydrogen-bond acceptors (Lipinski definition) is 4. The van der Waals surface area contributed by atoms with Crippen LogP contribution in [0.15, 0.2) is 65.2 Å². The van der Waals surface area contributed by atoms with Gasteiger partial charge in [-0.2, -0.15) is 0 Å². The van der Waals surface area contributed by atoms with Crippen LogP contribution in [-0.2, 0) is 16.0 Å². The molecule has 8 atom stereocenters. The average molecular weight is 764 g/mol. The van der Waals surface area contributed by atoms with Gasteiger partial charge in [0.05, 0.1) is 12.3 Å². The van der Waals surface area contributed by atoms with Gasteiger partial charge >= 0.3 is 5.97 Å². The van der Waals surface area contributed by atoms with E-state index in [1.807, 2.05) is 18.3 Å². The van der Waals surface area contributed by atoms with Crippen molar-refractivity contribution < 1.29 is 14.3 Å². The minimum atomic E-state index is -0.0163. The molecule has 2 aromatic carbocycles. The molecule has 1 unspecified atom stereocenters. The lowest BCUT2D eigenvalue weighted by molar-refractivity contribution is -0.151. The lowest BCUT2D eigenvalue weighted by Gasteiger charge is -2.58. The highest BCUT2D eigenvalue weighted by Gasteiger charge is 2.59. The molecule has 56 heavy (non-hydrogen) atoms. The van der Waals surface area contributed by atoms with E-state index < -0.39 is 0 Å². The Morgan fingerprint density at radius 1 is 0.839 bits per heavy atom. The molecule has 0 aliphatic heterocycles. The number of esters is 1. The molecule has 4 aliphatic carbocycles. The summed E-state index contributed by atoms with van der Waals surface area (Å²) in [5, 5.41) is 0. The summed E-state index contributed by atoms with van der Waals surface area (Å²) in [6.07, 6.45) is 28.5. The summed E-state index contributed by atoms with van der Waals surface area (Å²) in [6, 6.07) is 16.8. The summed E-state index contributed by atoms with van der Waals surface area (Å²) < 4.78 is 12.1. The second-order valence-electron chi connectivity index (χ2n) is 19.6. The Bertz CT molecular complexity index is 1570. The van der Waals surface area contributed by atoms with Gasteiger partial charge in [-0.15, -0.1) is 0 Å². The Hall–Kier alpha value is -2.88. The van der Waals surface area contributed by atoms with Crippen LogP contribution in [0.2, 0.25) is 0 Å². The first-order valence-corrected chi connectivity index (χ1v) is 23.3. The van der Waals surface area contributed by atoms with Crippen LogP contribution < -0.4 is 4.74 Å². The highest BCUT2D eigenvalue weighted by atomic mass is 16.5. The summed E-state index contributed by atoms with van der Waals surface area (Å²) in [5.74, 6) is 5.98. The number of ether oxygens (including phenoxy) is 2. The summed E-state index contributed by atoms with van der Waals surface area (Å²) in [6.45, 7) is 15.5. The van der Waals surface area contributed by atoms with Gasteiger partial charge in [0.25, 0.3) is 0 Å². The normalized spacial score (nSPS) is 29.1. The third kappa shape index (κ3) is 10.8. The van der Waals surface area contributed by atoms with Gasteiger partial charge in [-0.1, -0.05) is 104 Å². The molecule has 0 heterocycles. The lowest BCUT2D eigenvalue weighted by atomic mass is 9.47. The number of rotatable bonds is 20. The number of allylic oxidation sites excluding steroid dienone is 1. The van der Waals surface area contributed by atoms with E-state index in [1.54, 1.807) is 5.57 Å². The van der Waals surface area contributed by atoms with E-state index in [1.165, 1.54) is 89.0 Å². The van der Waals surface area contributed by atoms with Gasteiger partial charge in [0.1, 0.15) is 11.9 Å². The molecular formula is C52H77NO3. The minimum absolute atomic E-state index is 0.0163. The van der Waals surface area contributed by atoms with Crippen molar-refractivity contribution in [3.63, 3.8) is 0 Å². The molecule has 6 rings (SSSR count). The quantitative estimate of drug-likeness (QED) is 0.0584. The number of carbonyl (C=O) groups excluding carboxylic acids is 1. The number of hydrogen-bond donors (Lipinski definition) is 0. The summed E-state index contributed by atoms with van der Waals surface area (Å²) in [4.78, 5) is 17.6. The zero-order valence-electron chi connectivity index (χ0n) is 36.3. The molecule has 0 saturated heterocycles. The van der Waals surface area contributed by atoms with Crippen molar-refractivity contribution in [2.45, 2.75) is 176 Å². The van der Waals surface area contributed by atoms with Gasteiger partial charge in [-0.05, 0) is 171 Å². The van der Waals surface area contributed by atoms with Gasteiger partial charge in [0.2, 0.25) is 0 Å². The van der Waals surface area contributed by atoms with Crippen LogP contribution in [0.5, 0.6) is 5.75 Å². The highest BCUT2D eigenvalue weighted by Crippen LogP contribution is 2.67. The van der Waals surface area contributed by atoms with Gasteiger partial charge in [0, 0.05) is 19.1 Å². The van der Waals surface area contributed by atoms with Gasteiger partial charge < -0.3 is 9.47 Å². The van der Waals surface area contributed by atoms with E-state index >= 15 is 0 Å². The number of fused-ring (bicyclic) bond motifs is 5. The molecular weight excluding hydrogens is 687 g/mol. The molecule has 0 aromatic heterocycles. The Labute approximate surface area is 342 Å². The van der Waals surface area contributed by atoms with Gasteiger partial charge in [-0.3, -0.25) is 9.79 Å². The molecule has 0 radical (unpaired) electrons. The van der Waals surface area contributed by atoms with E-state index in [9.17, 15) is 4.79 Å². The van der Waals surface area contributed by atoms with Crippen LogP contribution in [0.3, 0.4) is 0 Å². The molecule has 4 heteroatoms. The van der Waals surface area contributed by atoms with Crippen LogP contribution in [-0.4, -0.2) is 24.9 Å². The van der Waals surface area contributed by atoms with Crippen molar-refractivity contribution in [1.29, 1.82) is 0 Å². The summed E-state index contributed by atoms with van der Waals surface area (Å²) in [7, 11) is 0. The first-order valence-electron chi connectivity index (χ1n) is 23.3. The van der Waals surface area contributed by atoms with Crippen LogP contribution in [0, 0.1) is 46.3 Å². The Balaban J connectivity index is 0.867. The van der Waals surface area contributed by atoms with Crippen LogP contribution >= 0.6 is 0 Å². The molecule has 0 bridgehead atoms. The number of aryl methyl sites for hydroxylation is 1. The fraction of sp³-hybridized carbons (Fsp3) is 0.692. The van der Waals surface area contributed by atoms with Crippen molar-refractivity contribution >= 4 is 17.9 Å². The minimum Gasteiger partial charge on any atom is -0.494 e. The zero-order chi connectivity index (χ0) is 39.5. The Morgan fingerprint density at radius 2 is 1.62 bits per heavy atom. The summed E-state index contributed by atoms with van der Waals surface area (Å²) in [5.41, 5.74) is 5.86. The zero-order valence-corrected chi connectivity index (χ0v) is 36.3. The predicted molar refractivity (Wildman–Crippen MR) is 235 cm³/mol. The maximum atomic E-state index is 12.9. The average Bonchev–Trinajstić information content (AvgIpc) is 3.55. The van der Waals surface area contributed by atoms with Crippen molar-refractivity contribution in [2.24, 2.45) is 51.3 Å². The van der Waals surface area contributed by atoms with Gasteiger partial charge in [-0.25, -0.2) is 0 Å². The topological polar surface area (TPSA) is 47.9 Å². The van der Waals surface area contributed by atoms with E-state index in [0.29, 0.717) is 23.9 Å². The molecule has 3 saturated carbocycles. The molecule has 0 amide bonds. The second kappa shape index (κ2) is 20.2. The van der Waals surface area contributed by atoms with Gasteiger partial charge in [0.15, 0.2) is 0 Å². The van der Waals surface area contributed by atoms with E-state index in [4.69, 9.17) is 9.47 Å². The smallest absolute Gasteiger partial charge is 0.306 e. The third-order valence-corrected chi connectivity index (χ3v) is 15.4. The number of nitrogens with zero attached hydrogens (tertiary/aromatic N) is 1. The van der Waals surface area contributed by atoms with E-state index in [-0.39, 0.29) is 12.1 Å². The van der Waals surface area contributed by atoms with Crippen molar-refractivity contribution in [1.82, 2.24) is 0 Å². The first-order chi connectivity index (χ1) is 27.1. The molecule has 3 fully saturated rings. The molecule has 2 aromatic rings. The van der Waals surface area contributed by atoms with E-state index in [2.05, 4.69) is 89.0 Å². The largest absolute Gasteiger partial charge is 0.494 e. The van der Waals surface area contributed by atoms with Crippen LogP contribution in [0.25, 0.3) is 0 Å². The fourth-order valence-corrected chi connectivity index (χ4v) is 12.0. The van der Waals surface area contributed by atoms with Crippen molar-refractivity contribution in [2.75, 3.05) is 6.61 Å². The third-order valence-electron chi connectivity index (χ3n) is 15.4. The molecule has 4 aliphatic rings. The van der Waals surface area contributed by atoms with Crippen LogP contribution in [0.1, 0.15) is 175 Å².